The highest BCUT2D eigenvalue weighted by Gasteiger charge is 2.28. The van der Waals surface area contributed by atoms with Crippen LogP contribution in [0.5, 0.6) is 5.88 Å². The normalized spacial score (nSPS) is 13.5. The highest BCUT2D eigenvalue weighted by Crippen LogP contribution is 2.25. The van der Waals surface area contributed by atoms with Crippen LogP contribution in [0.15, 0.2) is 54.6 Å². The fourth-order valence-electron chi connectivity index (χ4n) is 3.24. The van der Waals surface area contributed by atoms with Gasteiger partial charge in [0.2, 0.25) is 5.88 Å². The lowest BCUT2D eigenvalue weighted by Gasteiger charge is -2.27. The quantitative estimate of drug-likeness (QED) is 0.391. The van der Waals surface area contributed by atoms with Crippen molar-refractivity contribution in [3.63, 3.8) is 0 Å². The SMILES string of the molecule is CC(C)C(C)(O)COc1cc(C(=O)NC(CC(=O)O)c2cccc(C#N)c2)nn1-c1ccccc1F. The van der Waals surface area contributed by atoms with Crippen LogP contribution in [-0.4, -0.2) is 44.1 Å². The van der Waals surface area contributed by atoms with E-state index < -0.39 is 35.8 Å². The third kappa shape index (κ3) is 6.25. The molecule has 188 valence electrons. The number of nitriles is 1. The Morgan fingerprint density at radius 1 is 1.22 bits per heavy atom. The minimum absolute atomic E-state index is 0.0208. The zero-order chi connectivity index (χ0) is 26.5. The first-order chi connectivity index (χ1) is 17.0. The third-order valence-electron chi connectivity index (χ3n) is 5.85. The number of nitrogens with one attached hydrogen (secondary N) is 1. The van der Waals surface area contributed by atoms with E-state index in [1.165, 1.54) is 30.3 Å². The van der Waals surface area contributed by atoms with E-state index in [2.05, 4.69) is 10.4 Å². The Morgan fingerprint density at radius 3 is 2.58 bits per heavy atom. The molecule has 1 aromatic heterocycles. The van der Waals surface area contributed by atoms with Crippen molar-refractivity contribution in [2.24, 2.45) is 5.92 Å². The van der Waals surface area contributed by atoms with Gasteiger partial charge in [-0.25, -0.2) is 4.39 Å². The molecule has 0 fully saturated rings. The molecule has 2 atom stereocenters. The molecule has 0 saturated carbocycles. The van der Waals surface area contributed by atoms with Gasteiger partial charge in [0.15, 0.2) is 5.69 Å². The minimum atomic E-state index is -1.20. The summed E-state index contributed by atoms with van der Waals surface area (Å²) in [6, 6.07) is 14.4. The molecule has 0 aliphatic carbocycles. The summed E-state index contributed by atoms with van der Waals surface area (Å²) in [6.07, 6.45) is -0.435. The fourth-order valence-corrected chi connectivity index (χ4v) is 3.24. The molecular weight excluding hydrogens is 467 g/mol. The van der Waals surface area contributed by atoms with Crippen LogP contribution in [0.25, 0.3) is 5.69 Å². The van der Waals surface area contributed by atoms with Gasteiger partial charge < -0.3 is 20.3 Å². The number of para-hydroxylation sites is 1. The summed E-state index contributed by atoms with van der Waals surface area (Å²) >= 11 is 0. The van der Waals surface area contributed by atoms with Crippen LogP contribution < -0.4 is 10.1 Å². The van der Waals surface area contributed by atoms with Crippen molar-refractivity contribution in [1.82, 2.24) is 15.1 Å². The summed E-state index contributed by atoms with van der Waals surface area (Å²) in [6.45, 7) is 5.09. The van der Waals surface area contributed by atoms with Crippen molar-refractivity contribution in [3.8, 4) is 17.6 Å². The molecule has 0 aliphatic rings. The van der Waals surface area contributed by atoms with Crippen molar-refractivity contribution in [2.45, 2.75) is 38.8 Å². The average Bonchev–Trinajstić information content (AvgIpc) is 3.26. The number of ether oxygens (including phenoxy) is 1. The van der Waals surface area contributed by atoms with Crippen LogP contribution in [0.4, 0.5) is 4.39 Å². The number of carboxylic acids is 1. The summed E-state index contributed by atoms with van der Waals surface area (Å²) in [5.41, 5.74) is -0.578. The van der Waals surface area contributed by atoms with Crippen LogP contribution >= 0.6 is 0 Å². The molecule has 0 bridgehead atoms. The number of carboxylic acid groups (broad SMARTS) is 1. The van der Waals surface area contributed by atoms with Gasteiger partial charge in [0.1, 0.15) is 18.1 Å². The molecular formula is C26H27FN4O5. The zero-order valence-corrected chi connectivity index (χ0v) is 20.1. The standard InChI is InChI=1S/C26H27FN4O5/c1-16(2)26(3,35)15-36-23-12-21(30-31(23)22-10-5-4-9-19(22)27)25(34)29-20(13-24(32)33)18-8-6-7-17(11-18)14-28/h4-12,16,20,35H,13,15H2,1-3H3,(H,29,34)(H,32,33). The topological polar surface area (TPSA) is 137 Å². The molecule has 36 heavy (non-hydrogen) atoms. The van der Waals surface area contributed by atoms with Gasteiger partial charge in [-0.05, 0) is 42.7 Å². The van der Waals surface area contributed by atoms with E-state index in [0.717, 1.165) is 4.68 Å². The Balaban J connectivity index is 1.96. The molecule has 3 rings (SSSR count). The van der Waals surface area contributed by atoms with E-state index in [4.69, 9.17) is 10.00 Å². The average molecular weight is 495 g/mol. The van der Waals surface area contributed by atoms with E-state index in [-0.39, 0.29) is 29.8 Å². The first-order valence-electron chi connectivity index (χ1n) is 11.2. The lowest BCUT2D eigenvalue weighted by Crippen LogP contribution is -2.38. The molecule has 3 aromatic rings. The first-order valence-corrected chi connectivity index (χ1v) is 11.2. The highest BCUT2D eigenvalue weighted by molar-refractivity contribution is 5.93. The predicted octanol–water partition coefficient (Wildman–Crippen LogP) is 3.61. The van der Waals surface area contributed by atoms with Gasteiger partial charge in [-0.2, -0.15) is 15.0 Å². The van der Waals surface area contributed by atoms with Gasteiger partial charge in [0.25, 0.3) is 5.91 Å². The highest BCUT2D eigenvalue weighted by atomic mass is 19.1. The summed E-state index contributed by atoms with van der Waals surface area (Å²) in [7, 11) is 0. The van der Waals surface area contributed by atoms with E-state index in [1.807, 2.05) is 19.9 Å². The number of rotatable bonds is 10. The number of hydrogen-bond donors (Lipinski definition) is 3. The van der Waals surface area contributed by atoms with E-state index in [1.54, 1.807) is 31.2 Å². The van der Waals surface area contributed by atoms with Gasteiger partial charge in [-0.1, -0.05) is 38.1 Å². The lowest BCUT2D eigenvalue weighted by atomic mass is 9.94. The Morgan fingerprint density at radius 2 is 1.94 bits per heavy atom. The maximum Gasteiger partial charge on any atom is 0.305 e. The second kappa shape index (κ2) is 11.0. The summed E-state index contributed by atoms with van der Waals surface area (Å²) in [4.78, 5) is 24.6. The van der Waals surface area contributed by atoms with Crippen molar-refractivity contribution >= 4 is 11.9 Å². The van der Waals surface area contributed by atoms with E-state index in [9.17, 15) is 24.2 Å². The number of aromatic nitrogens is 2. The monoisotopic (exact) mass is 494 g/mol. The minimum Gasteiger partial charge on any atom is -0.481 e. The van der Waals surface area contributed by atoms with Crippen LogP contribution in [-0.2, 0) is 4.79 Å². The van der Waals surface area contributed by atoms with Crippen molar-refractivity contribution < 1.29 is 28.9 Å². The number of nitrogens with zero attached hydrogens (tertiary/aromatic N) is 3. The molecule has 0 spiro atoms. The second-order valence-electron chi connectivity index (χ2n) is 8.89. The molecule has 1 amide bonds. The number of aliphatic hydroxyl groups is 1. The van der Waals surface area contributed by atoms with E-state index >= 15 is 0 Å². The van der Waals surface area contributed by atoms with Gasteiger partial charge >= 0.3 is 5.97 Å². The molecule has 2 aromatic carbocycles. The van der Waals surface area contributed by atoms with Gasteiger partial charge in [-0.3, -0.25) is 9.59 Å². The van der Waals surface area contributed by atoms with Gasteiger partial charge in [0.05, 0.1) is 29.7 Å². The molecule has 0 radical (unpaired) electrons. The maximum absolute atomic E-state index is 14.6. The molecule has 3 N–H and O–H groups in total. The number of amides is 1. The Kier molecular flexibility index (Phi) is 8.07. The first kappa shape index (κ1) is 26.4. The van der Waals surface area contributed by atoms with Crippen LogP contribution in [0, 0.1) is 23.1 Å². The lowest BCUT2D eigenvalue weighted by molar-refractivity contribution is -0.137. The maximum atomic E-state index is 14.6. The summed E-state index contributed by atoms with van der Waals surface area (Å²) in [5.74, 6) is -2.61. The Bertz CT molecular complexity index is 1300. The van der Waals surface area contributed by atoms with Crippen molar-refractivity contribution in [2.75, 3.05) is 6.61 Å². The second-order valence-corrected chi connectivity index (χ2v) is 8.89. The number of hydrogen-bond acceptors (Lipinski definition) is 6. The molecule has 9 nitrogen and oxygen atoms in total. The molecule has 2 unspecified atom stereocenters. The predicted molar refractivity (Wildman–Crippen MR) is 128 cm³/mol. The molecule has 0 aliphatic heterocycles. The summed E-state index contributed by atoms with van der Waals surface area (Å²) < 4.78 is 21.4. The zero-order valence-electron chi connectivity index (χ0n) is 20.1. The number of halogens is 1. The van der Waals surface area contributed by atoms with Crippen LogP contribution in [0.3, 0.4) is 0 Å². The van der Waals surface area contributed by atoms with Crippen molar-refractivity contribution in [3.05, 3.63) is 77.2 Å². The molecule has 0 saturated heterocycles. The van der Waals surface area contributed by atoms with E-state index in [0.29, 0.717) is 11.1 Å². The number of carbonyl (C=O) groups is 2. The molecule has 1 heterocycles. The van der Waals surface area contributed by atoms with Crippen LogP contribution in [0.1, 0.15) is 54.8 Å². The van der Waals surface area contributed by atoms with Crippen molar-refractivity contribution in [1.29, 1.82) is 5.26 Å². The fraction of sp³-hybridized carbons (Fsp3) is 0.308. The Hall–Kier alpha value is -4.23. The van der Waals surface area contributed by atoms with Crippen LogP contribution in [0.2, 0.25) is 0 Å². The smallest absolute Gasteiger partial charge is 0.305 e. The number of carbonyl (C=O) groups excluding carboxylic acids is 1. The van der Waals surface area contributed by atoms with Gasteiger partial charge in [-0.15, -0.1) is 0 Å². The number of aliphatic carboxylic acids is 1. The van der Waals surface area contributed by atoms with Gasteiger partial charge in [0, 0.05) is 6.07 Å². The number of benzene rings is 2. The summed E-state index contributed by atoms with van der Waals surface area (Å²) in [5, 5.41) is 35.9. The largest absolute Gasteiger partial charge is 0.481 e. The molecule has 10 heteroatoms. The Labute approximate surface area is 207 Å². The third-order valence-corrected chi connectivity index (χ3v) is 5.85.